The SMILES string of the molecule is C[Si](C)(C)N(c1ccccc1)C1CCCCOC1=O. The summed E-state index contributed by atoms with van der Waals surface area (Å²) in [7, 11) is -1.65. The van der Waals surface area contributed by atoms with E-state index in [1.807, 2.05) is 18.2 Å². The Balaban J connectivity index is 2.35. The maximum absolute atomic E-state index is 12.2. The van der Waals surface area contributed by atoms with E-state index in [0.29, 0.717) is 6.61 Å². The van der Waals surface area contributed by atoms with Crippen molar-refractivity contribution < 1.29 is 9.53 Å². The lowest BCUT2D eigenvalue weighted by molar-refractivity contribution is -0.144. The molecule has 2 rings (SSSR count). The van der Waals surface area contributed by atoms with Crippen molar-refractivity contribution in [3.63, 3.8) is 0 Å². The van der Waals surface area contributed by atoms with Crippen LogP contribution in [-0.2, 0) is 9.53 Å². The van der Waals surface area contributed by atoms with Crippen LogP contribution in [0.3, 0.4) is 0 Å². The summed E-state index contributed by atoms with van der Waals surface area (Å²) in [5.41, 5.74) is 1.14. The Morgan fingerprint density at radius 3 is 2.47 bits per heavy atom. The molecule has 1 heterocycles. The van der Waals surface area contributed by atoms with Gasteiger partial charge in [0.1, 0.15) is 14.3 Å². The van der Waals surface area contributed by atoms with E-state index in [2.05, 4.69) is 36.3 Å². The van der Waals surface area contributed by atoms with Crippen LogP contribution in [-0.4, -0.2) is 26.9 Å². The molecule has 1 aliphatic heterocycles. The molecule has 104 valence electrons. The van der Waals surface area contributed by atoms with Crippen LogP contribution < -0.4 is 4.57 Å². The average Bonchev–Trinajstić information content (AvgIpc) is 2.55. The normalized spacial score (nSPS) is 20.6. The molecule has 1 unspecified atom stereocenters. The predicted molar refractivity (Wildman–Crippen MR) is 80.9 cm³/mol. The molecule has 0 saturated carbocycles. The van der Waals surface area contributed by atoms with Crippen LogP contribution in [0.4, 0.5) is 5.69 Å². The van der Waals surface area contributed by atoms with Gasteiger partial charge >= 0.3 is 5.97 Å². The third-order valence-corrected chi connectivity index (χ3v) is 5.47. The first-order chi connectivity index (χ1) is 9.00. The first-order valence-corrected chi connectivity index (χ1v) is 10.5. The molecule has 1 saturated heterocycles. The van der Waals surface area contributed by atoms with Gasteiger partial charge in [0.15, 0.2) is 0 Å². The first-order valence-electron chi connectivity index (χ1n) is 7.01. The molecule has 0 radical (unpaired) electrons. The lowest BCUT2D eigenvalue weighted by Gasteiger charge is -2.41. The van der Waals surface area contributed by atoms with Gasteiger partial charge in [0, 0.05) is 5.69 Å². The molecule has 1 fully saturated rings. The summed E-state index contributed by atoms with van der Waals surface area (Å²) in [5, 5.41) is 0. The van der Waals surface area contributed by atoms with Crippen molar-refractivity contribution >= 4 is 19.9 Å². The van der Waals surface area contributed by atoms with Crippen LogP contribution in [0.5, 0.6) is 0 Å². The topological polar surface area (TPSA) is 29.5 Å². The van der Waals surface area contributed by atoms with Gasteiger partial charge in [0.25, 0.3) is 0 Å². The smallest absolute Gasteiger partial charge is 0.327 e. The molecule has 0 aliphatic carbocycles. The second-order valence-electron chi connectivity index (χ2n) is 6.06. The maximum atomic E-state index is 12.2. The summed E-state index contributed by atoms with van der Waals surface area (Å²) in [4.78, 5) is 12.2. The summed E-state index contributed by atoms with van der Waals surface area (Å²) in [6.07, 6.45) is 2.94. The molecule has 1 aliphatic rings. The van der Waals surface area contributed by atoms with Crippen LogP contribution in [0, 0.1) is 0 Å². The van der Waals surface area contributed by atoms with Gasteiger partial charge in [-0.1, -0.05) is 37.8 Å². The van der Waals surface area contributed by atoms with Crippen LogP contribution in [0.25, 0.3) is 0 Å². The van der Waals surface area contributed by atoms with Gasteiger partial charge < -0.3 is 9.30 Å². The Bertz CT molecular complexity index is 428. The summed E-state index contributed by atoms with van der Waals surface area (Å²) in [5.74, 6) is -0.0521. The summed E-state index contributed by atoms with van der Waals surface area (Å²) < 4.78 is 7.69. The van der Waals surface area contributed by atoms with Crippen LogP contribution in [0.15, 0.2) is 30.3 Å². The van der Waals surface area contributed by atoms with Crippen LogP contribution >= 0.6 is 0 Å². The minimum atomic E-state index is -1.65. The standard InChI is InChI=1S/C15H23NO2Si/c1-19(2,3)16(13-9-5-4-6-10-13)14-11-7-8-12-18-15(14)17/h4-6,9-10,14H,7-8,11-12H2,1-3H3. The highest BCUT2D eigenvalue weighted by molar-refractivity contribution is 6.80. The molecule has 0 spiro atoms. The third-order valence-electron chi connectivity index (χ3n) is 3.46. The van der Waals surface area contributed by atoms with Crippen LogP contribution in [0.2, 0.25) is 19.6 Å². The summed E-state index contributed by atoms with van der Waals surface area (Å²) in [6.45, 7) is 7.40. The number of cyclic esters (lactones) is 1. The second kappa shape index (κ2) is 5.78. The van der Waals surface area contributed by atoms with Gasteiger partial charge in [-0.05, 0) is 31.4 Å². The molecular formula is C15H23NO2Si. The Morgan fingerprint density at radius 1 is 1.16 bits per heavy atom. The van der Waals surface area contributed by atoms with Crippen molar-refractivity contribution in [2.45, 2.75) is 44.9 Å². The predicted octanol–water partition coefficient (Wildman–Crippen LogP) is 3.42. The van der Waals surface area contributed by atoms with E-state index in [9.17, 15) is 4.79 Å². The minimum Gasteiger partial charge on any atom is -0.464 e. The Labute approximate surface area is 116 Å². The van der Waals surface area contributed by atoms with E-state index in [1.165, 1.54) is 0 Å². The molecule has 0 N–H and O–H groups in total. The largest absolute Gasteiger partial charge is 0.464 e. The van der Waals surface area contributed by atoms with E-state index in [4.69, 9.17) is 4.74 Å². The number of nitrogens with zero attached hydrogens (tertiary/aromatic N) is 1. The molecule has 19 heavy (non-hydrogen) atoms. The van der Waals surface area contributed by atoms with Crippen molar-refractivity contribution in [1.29, 1.82) is 0 Å². The Hall–Kier alpha value is -1.29. The maximum Gasteiger partial charge on any atom is 0.327 e. The molecule has 4 heteroatoms. The molecular weight excluding hydrogens is 254 g/mol. The molecule has 1 aromatic rings. The zero-order valence-electron chi connectivity index (χ0n) is 12.1. The van der Waals surface area contributed by atoms with Gasteiger partial charge in [0.05, 0.1) is 6.61 Å². The highest BCUT2D eigenvalue weighted by Gasteiger charge is 2.36. The van der Waals surface area contributed by atoms with E-state index in [1.54, 1.807) is 0 Å². The minimum absolute atomic E-state index is 0.0521. The lowest BCUT2D eigenvalue weighted by atomic mass is 10.1. The van der Waals surface area contributed by atoms with Gasteiger partial charge in [-0.2, -0.15) is 0 Å². The van der Waals surface area contributed by atoms with E-state index in [-0.39, 0.29) is 12.0 Å². The Kier molecular flexibility index (Phi) is 4.30. The molecule has 1 aromatic carbocycles. The van der Waals surface area contributed by atoms with Crippen LogP contribution in [0.1, 0.15) is 19.3 Å². The zero-order chi connectivity index (χ0) is 13.9. The van der Waals surface area contributed by atoms with Gasteiger partial charge in [-0.3, -0.25) is 0 Å². The molecule has 1 atom stereocenters. The average molecular weight is 277 g/mol. The monoisotopic (exact) mass is 277 g/mol. The lowest BCUT2D eigenvalue weighted by Crippen LogP contribution is -2.55. The van der Waals surface area contributed by atoms with Crippen molar-refractivity contribution in [2.24, 2.45) is 0 Å². The molecule has 0 aromatic heterocycles. The highest BCUT2D eigenvalue weighted by Crippen LogP contribution is 2.28. The van der Waals surface area contributed by atoms with E-state index >= 15 is 0 Å². The number of ether oxygens (including phenoxy) is 1. The molecule has 3 nitrogen and oxygen atoms in total. The fourth-order valence-electron chi connectivity index (χ4n) is 2.68. The number of anilines is 1. The number of hydrogen-bond donors (Lipinski definition) is 0. The quantitative estimate of drug-likeness (QED) is 0.626. The molecule has 0 bridgehead atoms. The first kappa shape index (κ1) is 14.1. The van der Waals surface area contributed by atoms with Gasteiger partial charge in [0.2, 0.25) is 0 Å². The zero-order valence-corrected chi connectivity index (χ0v) is 13.1. The van der Waals surface area contributed by atoms with Gasteiger partial charge in [-0.25, -0.2) is 4.79 Å². The molecule has 0 amide bonds. The van der Waals surface area contributed by atoms with Crippen molar-refractivity contribution in [2.75, 3.05) is 11.2 Å². The number of hydrogen-bond acceptors (Lipinski definition) is 3. The van der Waals surface area contributed by atoms with E-state index in [0.717, 1.165) is 24.9 Å². The summed E-state index contributed by atoms with van der Waals surface area (Å²) >= 11 is 0. The summed E-state index contributed by atoms with van der Waals surface area (Å²) in [6, 6.07) is 10.1. The number of carbonyl (C=O) groups is 1. The highest BCUT2D eigenvalue weighted by atomic mass is 28.3. The van der Waals surface area contributed by atoms with Crippen molar-refractivity contribution in [1.82, 2.24) is 0 Å². The number of carbonyl (C=O) groups excluding carboxylic acids is 1. The third kappa shape index (κ3) is 3.38. The Morgan fingerprint density at radius 2 is 1.84 bits per heavy atom. The second-order valence-corrected chi connectivity index (χ2v) is 10.9. The number of para-hydroxylation sites is 1. The van der Waals surface area contributed by atoms with E-state index < -0.39 is 8.24 Å². The van der Waals surface area contributed by atoms with Gasteiger partial charge in [-0.15, -0.1) is 0 Å². The fourth-order valence-corrected chi connectivity index (χ4v) is 4.78. The van der Waals surface area contributed by atoms with Crippen molar-refractivity contribution in [3.05, 3.63) is 30.3 Å². The fraction of sp³-hybridized carbons (Fsp3) is 0.533. The van der Waals surface area contributed by atoms with Crippen molar-refractivity contribution in [3.8, 4) is 0 Å². The number of benzene rings is 1. The number of esters is 1. The number of rotatable bonds is 3.